The highest BCUT2D eigenvalue weighted by molar-refractivity contribution is 5.75. The number of hydrogen-bond donors (Lipinski definition) is 1. The molecule has 1 N–H and O–H groups in total. The fourth-order valence-corrected chi connectivity index (χ4v) is 3.95. The normalized spacial score (nSPS) is 15.9. The molecular weight excluding hydrogens is 348 g/mol. The summed E-state index contributed by atoms with van der Waals surface area (Å²) in [6, 6.07) is 9.62. The van der Waals surface area contributed by atoms with E-state index in [0.29, 0.717) is 12.6 Å². The van der Waals surface area contributed by atoms with Gasteiger partial charge >= 0.3 is 0 Å². The molecule has 2 aromatic rings. The number of benzene rings is 1. The summed E-state index contributed by atoms with van der Waals surface area (Å²) in [5.74, 6) is 0.818. The molecule has 1 amide bonds. The van der Waals surface area contributed by atoms with Gasteiger partial charge in [0.25, 0.3) is 0 Å². The van der Waals surface area contributed by atoms with Gasteiger partial charge in [-0.25, -0.2) is 0 Å². The number of rotatable bonds is 8. The van der Waals surface area contributed by atoms with Crippen molar-refractivity contribution >= 4 is 5.91 Å². The van der Waals surface area contributed by atoms with E-state index < -0.39 is 0 Å². The molecule has 1 saturated heterocycles. The first-order chi connectivity index (χ1) is 13.5. The molecule has 152 valence electrons. The number of nitrogens with zero attached hydrogens (tertiary/aromatic N) is 3. The second-order valence-corrected chi connectivity index (χ2v) is 8.41. The smallest absolute Gasteiger partial charge is 0.241 e. The van der Waals surface area contributed by atoms with Crippen molar-refractivity contribution in [3.63, 3.8) is 0 Å². The van der Waals surface area contributed by atoms with Gasteiger partial charge in [0.15, 0.2) is 0 Å². The highest BCUT2D eigenvalue weighted by Crippen LogP contribution is 2.23. The zero-order valence-electron chi connectivity index (χ0n) is 17.5. The number of hydrogen-bond acceptors (Lipinski definition) is 3. The summed E-state index contributed by atoms with van der Waals surface area (Å²) in [5.41, 5.74) is 3.77. The molecule has 0 spiro atoms. The van der Waals surface area contributed by atoms with E-state index in [1.807, 2.05) is 13.1 Å². The number of carbonyl (C=O) groups excluding carboxylic acids is 1. The quantitative estimate of drug-likeness (QED) is 0.763. The van der Waals surface area contributed by atoms with E-state index in [9.17, 15) is 4.79 Å². The van der Waals surface area contributed by atoms with Gasteiger partial charge in [0.1, 0.15) is 6.54 Å². The molecule has 1 fully saturated rings. The van der Waals surface area contributed by atoms with Crippen LogP contribution in [0.3, 0.4) is 0 Å². The predicted octanol–water partition coefficient (Wildman–Crippen LogP) is 3.21. The molecule has 0 aliphatic carbocycles. The minimum absolute atomic E-state index is 0.00691. The standard InChI is InChI=1S/C23H34N4O/c1-18(2)26-12-9-22(10-13-26)14-21-6-4-20(5-7-21)8-11-24-23(28)17-27-16-19(3)15-25-27/h4-7,15-16,18,22H,8-14,17H2,1-3H3,(H,24,28). The first kappa shape index (κ1) is 20.6. The maximum absolute atomic E-state index is 12.0. The molecule has 3 rings (SSSR count). The maximum Gasteiger partial charge on any atom is 0.241 e. The van der Waals surface area contributed by atoms with Crippen molar-refractivity contribution in [2.45, 2.75) is 59.0 Å². The Balaban J connectivity index is 1.37. The lowest BCUT2D eigenvalue weighted by Gasteiger charge is -2.34. The van der Waals surface area contributed by atoms with Gasteiger partial charge in [-0.2, -0.15) is 5.10 Å². The van der Waals surface area contributed by atoms with Crippen LogP contribution >= 0.6 is 0 Å². The highest BCUT2D eigenvalue weighted by Gasteiger charge is 2.20. The number of amides is 1. The Labute approximate surface area is 169 Å². The number of carbonyl (C=O) groups is 1. The zero-order chi connectivity index (χ0) is 19.9. The second kappa shape index (κ2) is 9.87. The summed E-state index contributed by atoms with van der Waals surface area (Å²) >= 11 is 0. The average molecular weight is 383 g/mol. The fraction of sp³-hybridized carbons (Fsp3) is 0.565. The highest BCUT2D eigenvalue weighted by atomic mass is 16.2. The van der Waals surface area contributed by atoms with Crippen molar-refractivity contribution in [3.05, 3.63) is 53.3 Å². The fourth-order valence-electron chi connectivity index (χ4n) is 3.95. The molecule has 0 unspecified atom stereocenters. The molecule has 5 nitrogen and oxygen atoms in total. The molecule has 1 aromatic heterocycles. The van der Waals surface area contributed by atoms with Crippen LogP contribution in [0.15, 0.2) is 36.7 Å². The summed E-state index contributed by atoms with van der Waals surface area (Å²) in [7, 11) is 0. The Hall–Kier alpha value is -2.14. The van der Waals surface area contributed by atoms with Crippen LogP contribution in [0.4, 0.5) is 0 Å². The summed E-state index contributed by atoms with van der Waals surface area (Å²) in [5, 5.41) is 7.12. The lowest BCUT2D eigenvalue weighted by molar-refractivity contribution is -0.121. The molecule has 0 bridgehead atoms. The Kier molecular flexibility index (Phi) is 7.26. The van der Waals surface area contributed by atoms with Crippen LogP contribution in [-0.4, -0.2) is 46.3 Å². The van der Waals surface area contributed by atoms with E-state index in [1.165, 1.54) is 43.5 Å². The Bertz CT molecular complexity index is 742. The minimum Gasteiger partial charge on any atom is -0.354 e. The molecule has 28 heavy (non-hydrogen) atoms. The molecule has 5 heteroatoms. The van der Waals surface area contributed by atoms with Crippen LogP contribution in [0.1, 0.15) is 43.4 Å². The largest absolute Gasteiger partial charge is 0.354 e. The van der Waals surface area contributed by atoms with Gasteiger partial charge in [0.05, 0.1) is 6.20 Å². The summed E-state index contributed by atoms with van der Waals surface area (Å²) in [4.78, 5) is 14.6. The number of likely N-dealkylation sites (tertiary alicyclic amines) is 1. The average Bonchev–Trinajstić information content (AvgIpc) is 3.08. The third-order valence-corrected chi connectivity index (χ3v) is 5.73. The first-order valence-corrected chi connectivity index (χ1v) is 10.6. The molecule has 1 aromatic carbocycles. The van der Waals surface area contributed by atoms with Crippen molar-refractivity contribution in [1.29, 1.82) is 0 Å². The predicted molar refractivity (Wildman–Crippen MR) is 113 cm³/mol. The Morgan fingerprint density at radius 1 is 1.18 bits per heavy atom. The molecule has 0 atom stereocenters. The first-order valence-electron chi connectivity index (χ1n) is 10.6. The number of aromatic nitrogens is 2. The summed E-state index contributed by atoms with van der Waals surface area (Å²) in [6.07, 6.45) is 8.31. The van der Waals surface area contributed by atoms with E-state index in [-0.39, 0.29) is 12.5 Å². The Morgan fingerprint density at radius 3 is 2.46 bits per heavy atom. The van der Waals surface area contributed by atoms with E-state index in [4.69, 9.17) is 0 Å². The van der Waals surface area contributed by atoms with Gasteiger partial charge in [-0.05, 0) is 82.2 Å². The third-order valence-electron chi connectivity index (χ3n) is 5.73. The minimum atomic E-state index is 0.00691. The van der Waals surface area contributed by atoms with Crippen molar-refractivity contribution in [2.24, 2.45) is 5.92 Å². The molecule has 0 saturated carbocycles. The van der Waals surface area contributed by atoms with Crippen LogP contribution < -0.4 is 5.32 Å². The zero-order valence-corrected chi connectivity index (χ0v) is 17.5. The SMILES string of the molecule is Cc1cnn(CC(=O)NCCc2ccc(CC3CCN(C(C)C)CC3)cc2)c1. The van der Waals surface area contributed by atoms with Crippen molar-refractivity contribution in [2.75, 3.05) is 19.6 Å². The Morgan fingerprint density at radius 2 is 1.86 bits per heavy atom. The van der Waals surface area contributed by atoms with Gasteiger partial charge in [-0.3, -0.25) is 9.48 Å². The number of nitrogens with one attached hydrogen (secondary N) is 1. The summed E-state index contributed by atoms with van der Waals surface area (Å²) < 4.78 is 1.67. The van der Waals surface area contributed by atoms with E-state index in [0.717, 1.165) is 17.9 Å². The van der Waals surface area contributed by atoms with Crippen LogP contribution in [-0.2, 0) is 24.2 Å². The van der Waals surface area contributed by atoms with Crippen molar-refractivity contribution in [1.82, 2.24) is 20.0 Å². The van der Waals surface area contributed by atoms with E-state index >= 15 is 0 Å². The summed E-state index contributed by atoms with van der Waals surface area (Å²) in [6.45, 7) is 9.96. The second-order valence-electron chi connectivity index (χ2n) is 8.41. The number of aryl methyl sites for hydroxylation is 1. The number of piperidine rings is 1. The van der Waals surface area contributed by atoms with Crippen molar-refractivity contribution < 1.29 is 4.79 Å². The van der Waals surface area contributed by atoms with Gasteiger partial charge in [-0.1, -0.05) is 24.3 Å². The monoisotopic (exact) mass is 382 g/mol. The lowest BCUT2D eigenvalue weighted by atomic mass is 9.89. The van der Waals surface area contributed by atoms with Crippen molar-refractivity contribution in [3.8, 4) is 0 Å². The molecular formula is C23H34N4O. The lowest BCUT2D eigenvalue weighted by Crippen LogP contribution is -2.38. The van der Waals surface area contributed by atoms with E-state index in [2.05, 4.69) is 53.4 Å². The maximum atomic E-state index is 12.0. The third kappa shape index (κ3) is 6.20. The van der Waals surface area contributed by atoms with Gasteiger partial charge in [0, 0.05) is 18.8 Å². The van der Waals surface area contributed by atoms with Gasteiger partial charge in [0.2, 0.25) is 5.91 Å². The van der Waals surface area contributed by atoms with E-state index in [1.54, 1.807) is 10.9 Å². The van der Waals surface area contributed by atoms with Crippen LogP contribution in [0.2, 0.25) is 0 Å². The van der Waals surface area contributed by atoms with Gasteiger partial charge < -0.3 is 10.2 Å². The van der Waals surface area contributed by atoms with Gasteiger partial charge in [-0.15, -0.1) is 0 Å². The molecule has 2 heterocycles. The molecule has 1 aliphatic rings. The van der Waals surface area contributed by atoms with Crippen LogP contribution in [0.5, 0.6) is 0 Å². The topological polar surface area (TPSA) is 50.2 Å². The molecule has 1 aliphatic heterocycles. The molecule has 0 radical (unpaired) electrons. The van der Waals surface area contributed by atoms with Crippen LogP contribution in [0, 0.1) is 12.8 Å². The van der Waals surface area contributed by atoms with Crippen LogP contribution in [0.25, 0.3) is 0 Å².